The molecule has 0 amide bonds. The first-order valence-electron chi connectivity index (χ1n) is 7.68. The molecule has 0 radical (unpaired) electrons. The summed E-state index contributed by atoms with van der Waals surface area (Å²) in [5, 5.41) is 3.74. The fourth-order valence-electron chi connectivity index (χ4n) is 3.69. The second kappa shape index (κ2) is 6.55. The van der Waals surface area contributed by atoms with E-state index in [2.05, 4.69) is 34.7 Å². The normalized spacial score (nSPS) is 25.6. The van der Waals surface area contributed by atoms with Crippen LogP contribution in [0.2, 0.25) is 0 Å². The number of thiocarbonyl (C=S) groups is 1. The lowest BCUT2D eigenvalue weighted by atomic mass is 9.98. The van der Waals surface area contributed by atoms with E-state index in [0.29, 0.717) is 17.1 Å². The zero-order valence-corrected chi connectivity index (χ0v) is 14.1. The molecule has 1 aromatic carbocycles. The largest absolute Gasteiger partial charge is 0.389 e. The van der Waals surface area contributed by atoms with Crippen LogP contribution in [0.3, 0.4) is 0 Å². The summed E-state index contributed by atoms with van der Waals surface area (Å²) in [4.78, 5) is 4.28. The van der Waals surface area contributed by atoms with Gasteiger partial charge in [-0.15, -0.1) is 11.8 Å². The number of anilines is 1. The molecule has 2 saturated heterocycles. The molecule has 3 nitrogen and oxygen atoms in total. The van der Waals surface area contributed by atoms with E-state index >= 15 is 0 Å². The van der Waals surface area contributed by atoms with Gasteiger partial charge in [0.05, 0.1) is 0 Å². The average molecular weight is 322 g/mol. The standard InChI is InChI=1S/C16H23N3S2/c1-21-14-7-4-5-12(15(14)16(17)20)18-11-8-10-19-9-3-2-6-13(11)19/h4-5,7,11,13,18H,2-3,6,8-10H2,1H3,(H2,17,20). The number of thioether (sulfide) groups is 1. The van der Waals surface area contributed by atoms with Crippen LogP contribution in [0.25, 0.3) is 0 Å². The van der Waals surface area contributed by atoms with Crippen LogP contribution in [0.4, 0.5) is 5.69 Å². The predicted molar refractivity (Wildman–Crippen MR) is 95.4 cm³/mol. The van der Waals surface area contributed by atoms with Gasteiger partial charge < -0.3 is 11.1 Å². The number of hydrogen-bond donors (Lipinski definition) is 2. The SMILES string of the molecule is CSc1cccc(NC2CCN3CCCCC23)c1C(N)=S. The summed E-state index contributed by atoms with van der Waals surface area (Å²) in [6.45, 7) is 2.48. The van der Waals surface area contributed by atoms with Gasteiger partial charge in [0, 0.05) is 34.8 Å². The molecule has 3 N–H and O–H groups in total. The van der Waals surface area contributed by atoms with Crippen LogP contribution >= 0.6 is 24.0 Å². The number of benzene rings is 1. The van der Waals surface area contributed by atoms with Crippen molar-refractivity contribution in [2.75, 3.05) is 24.7 Å². The number of fused-ring (bicyclic) bond motifs is 1. The third kappa shape index (κ3) is 3.05. The third-order valence-electron chi connectivity index (χ3n) is 4.69. The molecule has 2 heterocycles. The first-order chi connectivity index (χ1) is 10.2. The number of nitrogens with zero attached hydrogens (tertiary/aromatic N) is 1. The van der Waals surface area contributed by atoms with Gasteiger partial charge in [-0.05, 0) is 44.2 Å². The van der Waals surface area contributed by atoms with Crippen LogP contribution < -0.4 is 11.1 Å². The molecule has 2 fully saturated rings. The minimum Gasteiger partial charge on any atom is -0.389 e. The summed E-state index contributed by atoms with van der Waals surface area (Å²) >= 11 is 6.97. The van der Waals surface area contributed by atoms with Crippen molar-refractivity contribution in [2.24, 2.45) is 5.73 Å². The van der Waals surface area contributed by atoms with Crippen LogP contribution in [0.1, 0.15) is 31.2 Å². The number of nitrogens with one attached hydrogen (secondary N) is 1. The Hall–Kier alpha value is -0.780. The lowest BCUT2D eigenvalue weighted by molar-refractivity contribution is 0.193. The summed E-state index contributed by atoms with van der Waals surface area (Å²) in [6.07, 6.45) is 7.29. The lowest BCUT2D eigenvalue weighted by Crippen LogP contribution is -2.42. The van der Waals surface area contributed by atoms with E-state index in [9.17, 15) is 0 Å². The molecule has 114 valence electrons. The monoisotopic (exact) mass is 321 g/mol. The first-order valence-corrected chi connectivity index (χ1v) is 9.31. The zero-order chi connectivity index (χ0) is 14.8. The second-order valence-electron chi connectivity index (χ2n) is 5.89. The second-order valence-corrected chi connectivity index (χ2v) is 7.17. The highest BCUT2D eigenvalue weighted by molar-refractivity contribution is 7.98. The van der Waals surface area contributed by atoms with Crippen molar-refractivity contribution in [2.45, 2.75) is 42.7 Å². The van der Waals surface area contributed by atoms with Gasteiger partial charge in [0.1, 0.15) is 4.99 Å². The van der Waals surface area contributed by atoms with Gasteiger partial charge in [-0.1, -0.05) is 24.7 Å². The Morgan fingerprint density at radius 1 is 1.33 bits per heavy atom. The summed E-state index contributed by atoms with van der Waals surface area (Å²) in [5.41, 5.74) is 8.08. The van der Waals surface area contributed by atoms with Gasteiger partial charge >= 0.3 is 0 Å². The molecular formula is C16H23N3S2. The van der Waals surface area contributed by atoms with E-state index in [1.54, 1.807) is 11.8 Å². The molecule has 2 aliphatic heterocycles. The molecule has 0 bridgehead atoms. The quantitative estimate of drug-likeness (QED) is 0.659. The van der Waals surface area contributed by atoms with E-state index in [0.717, 1.165) is 16.1 Å². The van der Waals surface area contributed by atoms with E-state index in [-0.39, 0.29) is 0 Å². The smallest absolute Gasteiger partial charge is 0.107 e. The minimum absolute atomic E-state index is 0.487. The average Bonchev–Trinajstić information content (AvgIpc) is 2.90. The van der Waals surface area contributed by atoms with Crippen molar-refractivity contribution in [1.29, 1.82) is 0 Å². The lowest BCUT2D eigenvalue weighted by Gasteiger charge is -2.33. The summed E-state index contributed by atoms with van der Waals surface area (Å²) in [6, 6.07) is 7.49. The van der Waals surface area contributed by atoms with Crippen molar-refractivity contribution < 1.29 is 0 Å². The van der Waals surface area contributed by atoms with Gasteiger partial charge in [-0.3, -0.25) is 4.90 Å². The van der Waals surface area contributed by atoms with Crippen LogP contribution in [-0.4, -0.2) is 41.3 Å². The first kappa shape index (κ1) is 15.1. The minimum atomic E-state index is 0.487. The van der Waals surface area contributed by atoms with Gasteiger partial charge in [-0.25, -0.2) is 0 Å². The van der Waals surface area contributed by atoms with E-state index in [4.69, 9.17) is 18.0 Å². The molecule has 2 unspecified atom stereocenters. The van der Waals surface area contributed by atoms with Crippen molar-refractivity contribution in [1.82, 2.24) is 4.90 Å². The topological polar surface area (TPSA) is 41.3 Å². The zero-order valence-electron chi connectivity index (χ0n) is 12.5. The molecule has 0 spiro atoms. The molecule has 1 aromatic rings. The third-order valence-corrected chi connectivity index (χ3v) is 5.67. The van der Waals surface area contributed by atoms with Crippen LogP contribution in [0, 0.1) is 0 Å². The van der Waals surface area contributed by atoms with Crippen molar-refractivity contribution in [3.63, 3.8) is 0 Å². The molecule has 0 aromatic heterocycles. The molecule has 2 aliphatic rings. The van der Waals surface area contributed by atoms with Gasteiger partial charge in [-0.2, -0.15) is 0 Å². The highest BCUT2D eigenvalue weighted by atomic mass is 32.2. The Morgan fingerprint density at radius 3 is 2.95 bits per heavy atom. The highest BCUT2D eigenvalue weighted by Gasteiger charge is 2.35. The maximum atomic E-state index is 5.96. The van der Waals surface area contributed by atoms with E-state index < -0.39 is 0 Å². The van der Waals surface area contributed by atoms with Gasteiger partial charge in [0.2, 0.25) is 0 Å². The molecule has 5 heteroatoms. The fourth-order valence-corrected chi connectivity index (χ4v) is 4.61. The predicted octanol–water partition coefficient (Wildman–Crippen LogP) is 3.08. The fraction of sp³-hybridized carbons (Fsp3) is 0.562. The summed E-state index contributed by atoms with van der Waals surface area (Å²) < 4.78 is 0. The molecule has 0 saturated carbocycles. The van der Waals surface area contributed by atoms with Crippen molar-refractivity contribution >= 4 is 34.7 Å². The number of hydrogen-bond acceptors (Lipinski definition) is 4. The Balaban J connectivity index is 1.83. The highest BCUT2D eigenvalue weighted by Crippen LogP contribution is 2.32. The molecule has 2 atom stereocenters. The van der Waals surface area contributed by atoms with Crippen LogP contribution in [0.15, 0.2) is 23.1 Å². The van der Waals surface area contributed by atoms with Crippen LogP contribution in [0.5, 0.6) is 0 Å². The maximum absolute atomic E-state index is 5.96. The molecular weight excluding hydrogens is 298 g/mol. The van der Waals surface area contributed by atoms with Gasteiger partial charge in [0.25, 0.3) is 0 Å². The van der Waals surface area contributed by atoms with Crippen molar-refractivity contribution in [3.8, 4) is 0 Å². The Morgan fingerprint density at radius 2 is 2.19 bits per heavy atom. The maximum Gasteiger partial charge on any atom is 0.107 e. The molecule has 0 aliphatic carbocycles. The number of rotatable bonds is 4. The Kier molecular flexibility index (Phi) is 4.72. The number of piperidine rings is 1. The number of nitrogens with two attached hydrogens (primary N) is 1. The van der Waals surface area contributed by atoms with Gasteiger partial charge in [0.15, 0.2) is 0 Å². The van der Waals surface area contributed by atoms with E-state index in [1.165, 1.54) is 38.8 Å². The molecule has 3 rings (SSSR count). The Labute approximate surface area is 136 Å². The summed E-state index contributed by atoms with van der Waals surface area (Å²) in [5.74, 6) is 0. The Bertz CT molecular complexity index is 532. The molecule has 21 heavy (non-hydrogen) atoms. The van der Waals surface area contributed by atoms with E-state index in [1.807, 2.05) is 0 Å². The van der Waals surface area contributed by atoms with Crippen LogP contribution in [-0.2, 0) is 0 Å². The van der Waals surface area contributed by atoms with Crippen molar-refractivity contribution in [3.05, 3.63) is 23.8 Å². The summed E-state index contributed by atoms with van der Waals surface area (Å²) in [7, 11) is 0.